The summed E-state index contributed by atoms with van der Waals surface area (Å²) >= 11 is 6.69. The Bertz CT molecular complexity index is 585. The molecule has 0 saturated heterocycles. The number of benzene rings is 1. The van der Waals surface area contributed by atoms with E-state index < -0.39 is 0 Å². The summed E-state index contributed by atoms with van der Waals surface area (Å²) in [5.41, 5.74) is 0.893. The summed E-state index contributed by atoms with van der Waals surface area (Å²) in [5.74, 6) is 0.000833. The molecule has 0 bridgehead atoms. The number of nitrogens with zero attached hydrogens (tertiary/aromatic N) is 1. The van der Waals surface area contributed by atoms with Crippen molar-refractivity contribution in [2.24, 2.45) is 0 Å². The van der Waals surface area contributed by atoms with Crippen LogP contribution in [0.1, 0.15) is 18.1 Å². The van der Waals surface area contributed by atoms with Gasteiger partial charge >= 0.3 is 0 Å². The third-order valence-electron chi connectivity index (χ3n) is 2.40. The Labute approximate surface area is 109 Å². The van der Waals surface area contributed by atoms with Gasteiger partial charge in [0.05, 0.1) is 23.2 Å². The minimum atomic E-state index is 0.000833. The van der Waals surface area contributed by atoms with Crippen LogP contribution in [0.4, 0.5) is 0 Å². The van der Waals surface area contributed by atoms with Crippen molar-refractivity contribution in [3.63, 3.8) is 0 Å². The van der Waals surface area contributed by atoms with Gasteiger partial charge in [-0.15, -0.1) is 11.3 Å². The van der Waals surface area contributed by atoms with E-state index >= 15 is 0 Å². The molecule has 17 heavy (non-hydrogen) atoms. The minimum Gasteiger partial charge on any atom is -0.381 e. The van der Waals surface area contributed by atoms with Crippen molar-refractivity contribution in [2.45, 2.75) is 13.3 Å². The highest BCUT2D eigenvalue weighted by molar-refractivity contribution is 7.73. The van der Waals surface area contributed by atoms with Crippen LogP contribution >= 0.6 is 23.6 Å². The zero-order valence-electron chi connectivity index (χ0n) is 9.51. The molecule has 0 fully saturated rings. The van der Waals surface area contributed by atoms with Gasteiger partial charge in [-0.25, -0.2) is 0 Å². The number of hydrogen-bond acceptors (Lipinski definition) is 4. The first kappa shape index (κ1) is 12.4. The highest BCUT2D eigenvalue weighted by Gasteiger charge is 2.11. The van der Waals surface area contributed by atoms with Crippen molar-refractivity contribution in [1.82, 2.24) is 4.57 Å². The van der Waals surface area contributed by atoms with Gasteiger partial charge in [0, 0.05) is 6.61 Å². The van der Waals surface area contributed by atoms with Crippen LogP contribution < -0.4 is 0 Å². The van der Waals surface area contributed by atoms with Gasteiger partial charge < -0.3 is 4.74 Å². The Balaban J connectivity index is 2.31. The molecule has 3 nitrogen and oxygen atoms in total. The van der Waals surface area contributed by atoms with Gasteiger partial charge in [-0.1, -0.05) is 12.1 Å². The van der Waals surface area contributed by atoms with Crippen molar-refractivity contribution in [2.75, 3.05) is 13.2 Å². The second kappa shape index (κ2) is 5.53. The largest absolute Gasteiger partial charge is 0.381 e. The molecule has 0 amide bonds. The fourth-order valence-electron chi connectivity index (χ4n) is 1.62. The maximum absolute atomic E-state index is 12.0. The number of carbonyl (C=O) groups is 1. The zero-order chi connectivity index (χ0) is 12.3. The van der Waals surface area contributed by atoms with Crippen molar-refractivity contribution in [3.8, 4) is 0 Å². The van der Waals surface area contributed by atoms with Crippen LogP contribution in [0.15, 0.2) is 24.3 Å². The molecule has 0 aliphatic rings. The van der Waals surface area contributed by atoms with E-state index in [0.29, 0.717) is 23.6 Å². The number of ether oxygens (including phenoxy) is 1. The van der Waals surface area contributed by atoms with Gasteiger partial charge in [-0.3, -0.25) is 9.36 Å². The third-order valence-corrected chi connectivity index (χ3v) is 3.75. The molecule has 0 saturated carbocycles. The van der Waals surface area contributed by atoms with E-state index in [0.717, 1.165) is 10.2 Å². The molecule has 0 radical (unpaired) electrons. The van der Waals surface area contributed by atoms with E-state index in [-0.39, 0.29) is 5.91 Å². The van der Waals surface area contributed by atoms with E-state index in [2.05, 4.69) is 0 Å². The molecule has 0 N–H and O–H groups in total. The maximum Gasteiger partial charge on any atom is 0.235 e. The molecule has 5 heteroatoms. The van der Waals surface area contributed by atoms with Crippen LogP contribution in [0.25, 0.3) is 10.2 Å². The summed E-state index contributed by atoms with van der Waals surface area (Å²) in [6, 6.07) is 7.75. The number of carbonyl (C=O) groups excluding carboxylic acids is 1. The summed E-state index contributed by atoms with van der Waals surface area (Å²) in [7, 11) is 0. The number of rotatable bonds is 4. The third kappa shape index (κ3) is 2.62. The number of hydrogen-bond donors (Lipinski definition) is 0. The summed E-state index contributed by atoms with van der Waals surface area (Å²) in [6.45, 7) is 2.99. The number of aromatic nitrogens is 1. The molecule has 0 aliphatic heterocycles. The van der Waals surface area contributed by atoms with E-state index in [1.165, 1.54) is 11.3 Å². The van der Waals surface area contributed by atoms with Gasteiger partial charge in [0.15, 0.2) is 3.95 Å². The highest BCUT2D eigenvalue weighted by atomic mass is 32.1. The number of para-hydroxylation sites is 1. The first-order chi connectivity index (χ1) is 8.24. The SMILES string of the molecule is CCOCCC(=O)n1c(=S)sc2ccccc21. The molecule has 0 aliphatic carbocycles. The molecule has 0 atom stereocenters. The average Bonchev–Trinajstić information content (AvgIpc) is 2.65. The zero-order valence-corrected chi connectivity index (χ0v) is 11.1. The standard InChI is InChI=1S/C12H13NO2S2/c1-2-15-8-7-11(14)13-9-5-3-4-6-10(9)17-12(13)16/h3-6H,2,7-8H2,1H3. The van der Waals surface area contributed by atoms with Crippen LogP contribution in [0.5, 0.6) is 0 Å². The first-order valence-electron chi connectivity index (χ1n) is 5.45. The minimum absolute atomic E-state index is 0.000833. The van der Waals surface area contributed by atoms with Crippen LogP contribution in [0.3, 0.4) is 0 Å². The first-order valence-corrected chi connectivity index (χ1v) is 6.68. The Hall–Kier alpha value is -1.04. The number of fused-ring (bicyclic) bond motifs is 1. The summed E-state index contributed by atoms with van der Waals surface area (Å²) in [4.78, 5) is 12.0. The van der Waals surface area contributed by atoms with Crippen LogP contribution in [-0.4, -0.2) is 23.7 Å². The molecular weight excluding hydrogens is 254 g/mol. The van der Waals surface area contributed by atoms with Crippen LogP contribution in [0, 0.1) is 3.95 Å². The van der Waals surface area contributed by atoms with Crippen molar-refractivity contribution >= 4 is 39.7 Å². The van der Waals surface area contributed by atoms with Gasteiger partial charge in [0.25, 0.3) is 0 Å². The topological polar surface area (TPSA) is 31.2 Å². The Morgan fingerprint density at radius 1 is 1.47 bits per heavy atom. The van der Waals surface area contributed by atoms with Gasteiger partial charge in [-0.2, -0.15) is 0 Å². The monoisotopic (exact) mass is 267 g/mol. The van der Waals surface area contributed by atoms with Crippen molar-refractivity contribution < 1.29 is 9.53 Å². The fourth-order valence-corrected chi connectivity index (χ4v) is 2.98. The van der Waals surface area contributed by atoms with E-state index in [1.807, 2.05) is 31.2 Å². The van der Waals surface area contributed by atoms with Crippen LogP contribution in [0.2, 0.25) is 0 Å². The predicted octanol–water partition coefficient (Wildman–Crippen LogP) is 3.50. The molecule has 0 unspecified atom stereocenters. The van der Waals surface area contributed by atoms with Gasteiger partial charge in [0.2, 0.25) is 5.91 Å². The lowest BCUT2D eigenvalue weighted by Crippen LogP contribution is -2.13. The van der Waals surface area contributed by atoms with Crippen molar-refractivity contribution in [1.29, 1.82) is 0 Å². The van der Waals surface area contributed by atoms with E-state index in [9.17, 15) is 4.79 Å². The lowest BCUT2D eigenvalue weighted by Gasteiger charge is -2.03. The Kier molecular flexibility index (Phi) is 4.04. The highest BCUT2D eigenvalue weighted by Crippen LogP contribution is 2.22. The quantitative estimate of drug-likeness (QED) is 0.627. The maximum atomic E-state index is 12.0. The summed E-state index contributed by atoms with van der Waals surface area (Å²) in [6.07, 6.45) is 0.364. The molecule has 2 rings (SSSR count). The van der Waals surface area contributed by atoms with E-state index in [1.54, 1.807) is 4.57 Å². The fraction of sp³-hybridized carbons (Fsp3) is 0.333. The van der Waals surface area contributed by atoms with Gasteiger partial charge in [-0.05, 0) is 31.3 Å². The second-order valence-corrected chi connectivity index (χ2v) is 5.19. The lowest BCUT2D eigenvalue weighted by atomic mass is 10.3. The van der Waals surface area contributed by atoms with E-state index in [4.69, 9.17) is 17.0 Å². The molecule has 1 aromatic heterocycles. The number of thiazole rings is 1. The summed E-state index contributed by atoms with van der Waals surface area (Å²) < 4.78 is 8.44. The molecule has 2 aromatic rings. The summed E-state index contributed by atoms with van der Waals surface area (Å²) in [5, 5.41) is 0. The molecule has 90 valence electrons. The Morgan fingerprint density at radius 2 is 2.24 bits per heavy atom. The van der Waals surface area contributed by atoms with Crippen molar-refractivity contribution in [3.05, 3.63) is 28.2 Å². The predicted molar refractivity (Wildman–Crippen MR) is 72.4 cm³/mol. The smallest absolute Gasteiger partial charge is 0.235 e. The molecular formula is C12H13NO2S2. The molecule has 0 spiro atoms. The average molecular weight is 267 g/mol. The normalized spacial score (nSPS) is 10.9. The van der Waals surface area contributed by atoms with Gasteiger partial charge in [0.1, 0.15) is 0 Å². The molecule has 1 aromatic carbocycles. The Morgan fingerprint density at radius 3 is 3.00 bits per heavy atom. The second-order valence-electron chi connectivity index (χ2n) is 3.51. The van der Waals surface area contributed by atoms with Crippen LogP contribution in [-0.2, 0) is 4.74 Å². The molecule has 1 heterocycles. The lowest BCUT2D eigenvalue weighted by molar-refractivity contribution is 0.0822.